The van der Waals surface area contributed by atoms with Gasteiger partial charge in [0.25, 0.3) is 0 Å². The maximum absolute atomic E-state index is 11.9. The fourth-order valence-electron chi connectivity index (χ4n) is 1.61. The number of aromatic nitrogens is 2. The molecule has 1 N–H and O–H groups in total. The van der Waals surface area contributed by atoms with Crippen LogP contribution in [0.2, 0.25) is 0 Å². The number of nitrogens with zero attached hydrogens (tertiary/aromatic N) is 2. The van der Waals surface area contributed by atoms with Crippen LogP contribution in [0.5, 0.6) is 0 Å². The summed E-state index contributed by atoms with van der Waals surface area (Å²) >= 11 is 3.03. The van der Waals surface area contributed by atoms with Crippen molar-refractivity contribution in [2.75, 3.05) is 11.1 Å². The van der Waals surface area contributed by atoms with Gasteiger partial charge in [-0.2, -0.15) is 0 Å². The zero-order chi connectivity index (χ0) is 13.7. The Kier molecular flexibility index (Phi) is 4.93. The van der Waals surface area contributed by atoms with E-state index < -0.39 is 0 Å². The van der Waals surface area contributed by atoms with Crippen molar-refractivity contribution in [1.29, 1.82) is 0 Å². The Labute approximate surface area is 120 Å². The van der Waals surface area contributed by atoms with Crippen molar-refractivity contribution >= 4 is 34.1 Å². The van der Waals surface area contributed by atoms with Crippen molar-refractivity contribution in [1.82, 2.24) is 10.2 Å². The quantitative estimate of drug-likeness (QED) is 0.679. The third kappa shape index (κ3) is 4.33. The smallest absolute Gasteiger partial charge is 0.230 e. The fraction of sp³-hybridized carbons (Fsp3) is 0.308. The summed E-state index contributed by atoms with van der Waals surface area (Å²) in [6.07, 6.45) is 0.359. The largest absolute Gasteiger partial charge is 0.300 e. The molecule has 19 heavy (non-hydrogen) atoms. The van der Waals surface area contributed by atoms with E-state index in [1.807, 2.05) is 31.2 Å². The van der Waals surface area contributed by atoms with Gasteiger partial charge < -0.3 is 5.32 Å². The van der Waals surface area contributed by atoms with Gasteiger partial charge in [-0.25, -0.2) is 0 Å². The number of aryl methyl sites for hydroxylation is 1. The van der Waals surface area contributed by atoms with E-state index >= 15 is 0 Å². The van der Waals surface area contributed by atoms with E-state index in [0.29, 0.717) is 11.6 Å². The number of carbonyl (C=O) groups is 1. The molecular formula is C13H15N3OS2. The van der Waals surface area contributed by atoms with E-state index in [1.54, 1.807) is 11.8 Å². The lowest BCUT2D eigenvalue weighted by Crippen LogP contribution is -2.14. The molecule has 0 aliphatic rings. The molecule has 0 aliphatic heterocycles. The van der Waals surface area contributed by atoms with E-state index in [4.69, 9.17) is 0 Å². The molecule has 0 saturated carbocycles. The normalized spacial score (nSPS) is 10.4. The first-order valence-corrected chi connectivity index (χ1v) is 7.79. The van der Waals surface area contributed by atoms with Crippen LogP contribution in [0, 0.1) is 6.92 Å². The van der Waals surface area contributed by atoms with Crippen molar-refractivity contribution in [3.63, 3.8) is 0 Å². The zero-order valence-corrected chi connectivity index (χ0v) is 12.5. The van der Waals surface area contributed by atoms with Crippen LogP contribution >= 0.6 is 23.1 Å². The Morgan fingerprint density at radius 1 is 1.42 bits per heavy atom. The average molecular weight is 293 g/mol. The number of benzene rings is 1. The van der Waals surface area contributed by atoms with Crippen LogP contribution in [0.4, 0.5) is 5.13 Å². The minimum absolute atomic E-state index is 0.0604. The third-order valence-corrected chi connectivity index (χ3v) is 4.22. The standard InChI is InChI=1S/C13H15N3OS2/c1-3-18-13-16-15-12(19-13)14-11(17)8-10-6-4-5-9(2)7-10/h4-7H,3,8H2,1-2H3,(H,14,15,17). The lowest BCUT2D eigenvalue weighted by Gasteiger charge is -2.02. The van der Waals surface area contributed by atoms with Gasteiger partial charge in [-0.3, -0.25) is 4.79 Å². The molecular weight excluding hydrogens is 278 g/mol. The SMILES string of the molecule is CCSc1nnc(NC(=O)Cc2cccc(C)c2)s1. The maximum atomic E-state index is 11.9. The minimum Gasteiger partial charge on any atom is -0.300 e. The van der Waals surface area contributed by atoms with Gasteiger partial charge in [0.2, 0.25) is 11.0 Å². The number of rotatable bonds is 5. The summed E-state index contributed by atoms with van der Waals surface area (Å²) in [4.78, 5) is 11.9. The fourth-order valence-corrected chi connectivity index (χ4v) is 3.28. The average Bonchev–Trinajstić information content (AvgIpc) is 2.77. The highest BCUT2D eigenvalue weighted by Gasteiger charge is 2.08. The summed E-state index contributed by atoms with van der Waals surface area (Å²) in [7, 11) is 0. The molecule has 2 rings (SSSR count). The molecule has 0 aliphatic carbocycles. The first-order valence-electron chi connectivity index (χ1n) is 5.99. The van der Waals surface area contributed by atoms with E-state index in [2.05, 4.69) is 22.4 Å². The number of amides is 1. The second kappa shape index (κ2) is 6.68. The van der Waals surface area contributed by atoms with Crippen LogP contribution in [0.3, 0.4) is 0 Å². The van der Waals surface area contributed by atoms with Crippen molar-refractivity contribution in [2.45, 2.75) is 24.6 Å². The van der Waals surface area contributed by atoms with Gasteiger partial charge in [-0.1, -0.05) is 59.9 Å². The summed E-state index contributed by atoms with van der Waals surface area (Å²) in [5.41, 5.74) is 2.16. The summed E-state index contributed by atoms with van der Waals surface area (Å²) in [6.45, 7) is 4.07. The van der Waals surface area contributed by atoms with Crippen LogP contribution < -0.4 is 5.32 Å². The van der Waals surface area contributed by atoms with Crippen LogP contribution in [-0.2, 0) is 11.2 Å². The lowest BCUT2D eigenvalue weighted by atomic mass is 10.1. The highest BCUT2D eigenvalue weighted by molar-refractivity contribution is 8.01. The molecule has 1 amide bonds. The topological polar surface area (TPSA) is 54.9 Å². The monoisotopic (exact) mass is 293 g/mol. The summed E-state index contributed by atoms with van der Waals surface area (Å²) in [6, 6.07) is 7.93. The second-order valence-electron chi connectivity index (χ2n) is 4.02. The second-order valence-corrected chi connectivity index (χ2v) is 6.51. The van der Waals surface area contributed by atoms with E-state index in [9.17, 15) is 4.79 Å². The summed E-state index contributed by atoms with van der Waals surface area (Å²) in [5.74, 6) is 0.890. The van der Waals surface area contributed by atoms with Gasteiger partial charge in [0.15, 0.2) is 4.34 Å². The van der Waals surface area contributed by atoms with Crippen molar-refractivity contribution in [3.05, 3.63) is 35.4 Å². The molecule has 0 fully saturated rings. The molecule has 0 unspecified atom stereocenters. The third-order valence-electron chi connectivity index (χ3n) is 2.37. The maximum Gasteiger partial charge on any atom is 0.230 e. The van der Waals surface area contributed by atoms with Crippen LogP contribution in [0.15, 0.2) is 28.6 Å². The first-order chi connectivity index (χ1) is 9.17. The van der Waals surface area contributed by atoms with Crippen molar-refractivity contribution < 1.29 is 4.79 Å². The van der Waals surface area contributed by atoms with Gasteiger partial charge in [0.1, 0.15) is 0 Å². The number of hydrogen-bond donors (Lipinski definition) is 1. The Hall–Kier alpha value is -1.40. The minimum atomic E-state index is -0.0604. The van der Waals surface area contributed by atoms with Crippen molar-refractivity contribution in [2.24, 2.45) is 0 Å². The van der Waals surface area contributed by atoms with Gasteiger partial charge in [0, 0.05) is 0 Å². The highest BCUT2D eigenvalue weighted by atomic mass is 32.2. The first kappa shape index (κ1) is 14.0. The van der Waals surface area contributed by atoms with Crippen molar-refractivity contribution in [3.8, 4) is 0 Å². The molecule has 0 spiro atoms. The van der Waals surface area contributed by atoms with Crippen LogP contribution in [-0.4, -0.2) is 21.9 Å². The summed E-state index contributed by atoms with van der Waals surface area (Å²) < 4.78 is 0.883. The Morgan fingerprint density at radius 3 is 3.00 bits per heavy atom. The lowest BCUT2D eigenvalue weighted by molar-refractivity contribution is -0.115. The number of thioether (sulfide) groups is 1. The molecule has 0 bridgehead atoms. The number of carbonyl (C=O) groups excluding carboxylic acids is 1. The molecule has 2 aromatic rings. The summed E-state index contributed by atoms with van der Waals surface area (Å²) in [5, 5.41) is 11.3. The molecule has 1 aromatic carbocycles. The van der Waals surface area contributed by atoms with E-state index in [1.165, 1.54) is 11.3 Å². The number of hydrogen-bond acceptors (Lipinski definition) is 5. The molecule has 0 radical (unpaired) electrons. The molecule has 0 saturated heterocycles. The van der Waals surface area contributed by atoms with E-state index in [-0.39, 0.29) is 5.91 Å². The predicted molar refractivity (Wildman–Crippen MR) is 79.8 cm³/mol. The van der Waals surface area contributed by atoms with Crippen LogP contribution in [0.25, 0.3) is 0 Å². The zero-order valence-electron chi connectivity index (χ0n) is 10.8. The molecule has 1 heterocycles. The van der Waals surface area contributed by atoms with Gasteiger partial charge in [0.05, 0.1) is 6.42 Å². The molecule has 0 atom stereocenters. The number of nitrogens with one attached hydrogen (secondary N) is 1. The number of anilines is 1. The Bertz CT molecular complexity index is 569. The highest BCUT2D eigenvalue weighted by Crippen LogP contribution is 2.25. The Balaban J connectivity index is 1.93. The van der Waals surface area contributed by atoms with Gasteiger partial charge >= 0.3 is 0 Å². The Morgan fingerprint density at radius 2 is 2.26 bits per heavy atom. The molecule has 6 heteroatoms. The molecule has 4 nitrogen and oxygen atoms in total. The molecule has 100 valence electrons. The predicted octanol–water partition coefficient (Wildman–Crippen LogP) is 3.14. The van der Waals surface area contributed by atoms with Crippen LogP contribution in [0.1, 0.15) is 18.1 Å². The van der Waals surface area contributed by atoms with E-state index in [0.717, 1.165) is 21.2 Å². The molecule has 1 aromatic heterocycles. The van der Waals surface area contributed by atoms with Gasteiger partial charge in [-0.15, -0.1) is 10.2 Å². The van der Waals surface area contributed by atoms with Gasteiger partial charge in [-0.05, 0) is 18.2 Å².